The van der Waals surface area contributed by atoms with E-state index in [4.69, 9.17) is 10.8 Å². The minimum Gasteiger partial charge on any atom is -0.481 e. The van der Waals surface area contributed by atoms with Crippen LogP contribution in [0.5, 0.6) is 0 Å². The van der Waals surface area contributed by atoms with Crippen LogP contribution in [0.25, 0.3) is 0 Å². The molecule has 1 aromatic rings. The zero-order valence-corrected chi connectivity index (χ0v) is 6.94. The summed E-state index contributed by atoms with van der Waals surface area (Å²) in [5, 5.41) is 8.45. The van der Waals surface area contributed by atoms with Gasteiger partial charge in [-0.15, -0.1) is 11.3 Å². The molecule has 11 heavy (non-hydrogen) atoms. The summed E-state index contributed by atoms with van der Waals surface area (Å²) < 4.78 is 0. The average Bonchev–Trinajstić information content (AvgIpc) is 2.09. The van der Waals surface area contributed by atoms with E-state index in [0.717, 1.165) is 9.75 Å². The third-order valence-electron chi connectivity index (χ3n) is 1.28. The Balaban J connectivity index is 2.85. The van der Waals surface area contributed by atoms with E-state index in [1.54, 1.807) is 6.07 Å². The van der Waals surface area contributed by atoms with E-state index in [-0.39, 0.29) is 6.42 Å². The molecular formula is C7H9NO2S. The van der Waals surface area contributed by atoms with Gasteiger partial charge in [-0.2, -0.15) is 0 Å². The van der Waals surface area contributed by atoms with Crippen LogP contribution >= 0.6 is 11.3 Å². The molecule has 0 spiro atoms. The molecule has 0 aromatic carbocycles. The number of nitrogens with two attached hydrogens (primary N) is 1. The van der Waals surface area contributed by atoms with Crippen molar-refractivity contribution in [3.05, 3.63) is 15.8 Å². The van der Waals surface area contributed by atoms with Gasteiger partial charge >= 0.3 is 5.97 Å². The van der Waals surface area contributed by atoms with Crippen LogP contribution < -0.4 is 5.73 Å². The van der Waals surface area contributed by atoms with Crippen molar-refractivity contribution in [3.63, 3.8) is 0 Å². The Bertz CT molecular complexity index is 280. The summed E-state index contributed by atoms with van der Waals surface area (Å²) >= 11 is 1.44. The molecule has 4 heteroatoms. The normalized spacial score (nSPS) is 9.91. The lowest BCUT2D eigenvalue weighted by Gasteiger charge is -1.91. The number of nitrogen functional groups attached to an aromatic ring is 1. The average molecular weight is 171 g/mol. The minimum absolute atomic E-state index is 0.0321. The Labute approximate surface area is 68.5 Å². The molecule has 0 aliphatic heterocycles. The largest absolute Gasteiger partial charge is 0.481 e. The van der Waals surface area contributed by atoms with E-state index >= 15 is 0 Å². The molecule has 0 saturated carbocycles. The summed E-state index contributed by atoms with van der Waals surface area (Å²) in [6, 6.07) is 1.79. The first-order chi connectivity index (χ1) is 5.09. The number of carboxylic acids is 1. The van der Waals surface area contributed by atoms with Gasteiger partial charge in [-0.25, -0.2) is 0 Å². The number of thiophene rings is 1. The molecular weight excluding hydrogens is 162 g/mol. The molecule has 0 amide bonds. The van der Waals surface area contributed by atoms with E-state index in [1.807, 2.05) is 6.92 Å². The fourth-order valence-electron chi connectivity index (χ4n) is 0.858. The van der Waals surface area contributed by atoms with Gasteiger partial charge in [-0.05, 0) is 13.0 Å². The first-order valence-corrected chi connectivity index (χ1v) is 3.98. The maximum Gasteiger partial charge on any atom is 0.308 e. The number of anilines is 1. The van der Waals surface area contributed by atoms with Gasteiger partial charge in [0.15, 0.2) is 0 Å². The summed E-state index contributed by atoms with van der Waals surface area (Å²) in [4.78, 5) is 12.1. The van der Waals surface area contributed by atoms with E-state index in [2.05, 4.69) is 0 Å². The topological polar surface area (TPSA) is 63.3 Å². The van der Waals surface area contributed by atoms with Gasteiger partial charge in [0.25, 0.3) is 0 Å². The highest BCUT2D eigenvalue weighted by atomic mass is 32.1. The molecule has 1 heterocycles. The SMILES string of the molecule is Cc1cc(N)c(CC(=O)O)s1. The lowest BCUT2D eigenvalue weighted by atomic mass is 10.3. The second-order valence-corrected chi connectivity index (χ2v) is 3.65. The van der Waals surface area contributed by atoms with Gasteiger partial charge in [0.1, 0.15) is 0 Å². The van der Waals surface area contributed by atoms with Crippen LogP contribution in [0, 0.1) is 6.92 Å². The van der Waals surface area contributed by atoms with Crippen molar-refractivity contribution >= 4 is 23.0 Å². The van der Waals surface area contributed by atoms with Crippen LogP contribution in [0.2, 0.25) is 0 Å². The summed E-state index contributed by atoms with van der Waals surface area (Å²) in [7, 11) is 0. The van der Waals surface area contributed by atoms with Crippen LogP contribution in [-0.2, 0) is 11.2 Å². The molecule has 0 aliphatic carbocycles. The summed E-state index contributed by atoms with van der Waals surface area (Å²) in [6.07, 6.45) is 0.0321. The lowest BCUT2D eigenvalue weighted by molar-refractivity contribution is -0.136. The number of aryl methyl sites for hydroxylation is 1. The molecule has 0 atom stereocenters. The first-order valence-electron chi connectivity index (χ1n) is 3.16. The van der Waals surface area contributed by atoms with Crippen molar-refractivity contribution < 1.29 is 9.90 Å². The fraction of sp³-hybridized carbons (Fsp3) is 0.286. The van der Waals surface area contributed by atoms with Crippen molar-refractivity contribution in [2.24, 2.45) is 0 Å². The molecule has 60 valence electrons. The molecule has 0 unspecified atom stereocenters. The molecule has 0 radical (unpaired) electrons. The summed E-state index contributed by atoms with van der Waals surface area (Å²) in [5.41, 5.74) is 6.13. The molecule has 3 nitrogen and oxygen atoms in total. The zero-order valence-electron chi connectivity index (χ0n) is 6.13. The van der Waals surface area contributed by atoms with Crippen molar-refractivity contribution in [1.29, 1.82) is 0 Å². The second-order valence-electron chi connectivity index (χ2n) is 2.31. The van der Waals surface area contributed by atoms with Gasteiger partial charge in [-0.1, -0.05) is 0 Å². The number of hydrogen-bond acceptors (Lipinski definition) is 3. The first kappa shape index (κ1) is 8.07. The van der Waals surface area contributed by atoms with Crippen molar-refractivity contribution in [1.82, 2.24) is 0 Å². The van der Waals surface area contributed by atoms with Gasteiger partial charge < -0.3 is 10.8 Å². The van der Waals surface area contributed by atoms with Crippen molar-refractivity contribution in [2.45, 2.75) is 13.3 Å². The number of hydrogen-bond donors (Lipinski definition) is 2. The van der Waals surface area contributed by atoms with Crippen LogP contribution in [0.4, 0.5) is 5.69 Å². The number of rotatable bonds is 2. The number of carboxylic acid groups (broad SMARTS) is 1. The Hall–Kier alpha value is -1.03. The molecule has 1 aromatic heterocycles. The van der Waals surface area contributed by atoms with Crippen molar-refractivity contribution in [2.75, 3.05) is 5.73 Å². The van der Waals surface area contributed by atoms with Gasteiger partial charge in [0.2, 0.25) is 0 Å². The third kappa shape index (κ3) is 1.94. The fourth-order valence-corrected chi connectivity index (χ4v) is 1.80. The quantitative estimate of drug-likeness (QED) is 0.704. The number of carbonyl (C=O) groups is 1. The second kappa shape index (κ2) is 2.92. The van der Waals surface area contributed by atoms with Crippen molar-refractivity contribution in [3.8, 4) is 0 Å². The van der Waals surface area contributed by atoms with Crippen LogP contribution in [-0.4, -0.2) is 11.1 Å². The van der Waals surface area contributed by atoms with Crippen LogP contribution in [0.3, 0.4) is 0 Å². The Kier molecular flexibility index (Phi) is 2.14. The van der Waals surface area contributed by atoms with E-state index < -0.39 is 5.97 Å². The zero-order chi connectivity index (χ0) is 8.43. The predicted octanol–water partition coefficient (Wildman–Crippen LogP) is 1.27. The summed E-state index contributed by atoms with van der Waals surface area (Å²) in [6.45, 7) is 1.91. The van der Waals surface area contributed by atoms with Crippen LogP contribution in [0.15, 0.2) is 6.07 Å². The van der Waals surface area contributed by atoms with E-state index in [9.17, 15) is 4.79 Å². The molecule has 0 saturated heterocycles. The summed E-state index contributed by atoms with van der Waals surface area (Å²) in [5.74, 6) is -0.835. The highest BCUT2D eigenvalue weighted by molar-refractivity contribution is 7.12. The monoisotopic (exact) mass is 171 g/mol. The van der Waals surface area contributed by atoms with Gasteiger partial charge in [0, 0.05) is 15.4 Å². The smallest absolute Gasteiger partial charge is 0.308 e. The Morgan fingerprint density at radius 2 is 2.45 bits per heavy atom. The van der Waals surface area contributed by atoms with E-state index in [1.165, 1.54) is 11.3 Å². The highest BCUT2D eigenvalue weighted by Gasteiger charge is 2.07. The van der Waals surface area contributed by atoms with Gasteiger partial charge in [0.05, 0.1) is 6.42 Å². The molecule has 3 N–H and O–H groups in total. The highest BCUT2D eigenvalue weighted by Crippen LogP contribution is 2.23. The third-order valence-corrected chi connectivity index (χ3v) is 2.34. The molecule has 1 rings (SSSR count). The molecule has 0 fully saturated rings. The van der Waals surface area contributed by atoms with Gasteiger partial charge in [-0.3, -0.25) is 4.79 Å². The van der Waals surface area contributed by atoms with Crippen LogP contribution in [0.1, 0.15) is 9.75 Å². The lowest BCUT2D eigenvalue weighted by Crippen LogP contribution is -1.99. The molecule has 0 bridgehead atoms. The maximum absolute atomic E-state index is 10.3. The molecule has 0 aliphatic rings. The predicted molar refractivity (Wildman–Crippen MR) is 44.8 cm³/mol. The Morgan fingerprint density at radius 1 is 1.82 bits per heavy atom. The standard InChI is InChI=1S/C7H9NO2S/c1-4-2-5(8)6(11-4)3-7(9)10/h2H,3,8H2,1H3,(H,9,10). The minimum atomic E-state index is -0.835. The Morgan fingerprint density at radius 3 is 2.82 bits per heavy atom. The maximum atomic E-state index is 10.3. The number of aliphatic carboxylic acids is 1. The van der Waals surface area contributed by atoms with E-state index in [0.29, 0.717) is 5.69 Å².